The molecule has 0 spiro atoms. The van der Waals surface area contributed by atoms with Gasteiger partial charge in [-0.25, -0.2) is 9.18 Å². The van der Waals surface area contributed by atoms with Gasteiger partial charge in [0.25, 0.3) is 17.8 Å². The van der Waals surface area contributed by atoms with Crippen LogP contribution in [0, 0.1) is 17.2 Å². The van der Waals surface area contributed by atoms with Crippen LogP contribution in [0.3, 0.4) is 0 Å². The van der Waals surface area contributed by atoms with Crippen LogP contribution in [-0.4, -0.2) is 151 Å². The average Bonchev–Trinajstić information content (AvgIpc) is 4.09. The molecule has 438 valence electrons. The number of carbonyl (C=O) groups excluding carboxylic acids is 6. The number of imide groups is 1. The first-order chi connectivity index (χ1) is 37.7. The lowest BCUT2D eigenvalue weighted by molar-refractivity contribution is -0.139. The molecule has 6 N–H and O–H groups in total. The van der Waals surface area contributed by atoms with Gasteiger partial charge in [0.05, 0.1) is 48.7 Å². The van der Waals surface area contributed by atoms with E-state index in [1.165, 1.54) is 18.2 Å². The van der Waals surface area contributed by atoms with Gasteiger partial charge in [-0.1, -0.05) is 27.7 Å². The van der Waals surface area contributed by atoms with E-state index in [-0.39, 0.29) is 68.7 Å². The summed E-state index contributed by atoms with van der Waals surface area (Å²) in [5.74, 6) is -2.83. The van der Waals surface area contributed by atoms with E-state index in [2.05, 4.69) is 47.8 Å². The van der Waals surface area contributed by atoms with Crippen LogP contribution >= 0.6 is 0 Å². The number of halogens is 1. The fourth-order valence-corrected chi connectivity index (χ4v) is 9.90. The van der Waals surface area contributed by atoms with E-state index in [1.807, 2.05) is 53.7 Å². The van der Waals surface area contributed by atoms with Gasteiger partial charge < -0.3 is 64.7 Å². The molecule has 2 aromatic heterocycles. The number of ether oxygens (including phenoxy) is 4. The SMILES string of the molecule is CC(C)[C@H](NC(=O)C(C)(C)CCOC(C)(C)CCN1C(=O)C=CC1=O)C(=O)N[C@@H](CCCNC(N)=O)C(=O)NCC(C)(C)OCC(C)(C)OCCn1c2c(c3ccc(F)cc31)CN(c1ccc3oc(N4CCOCC4)nc3c1)CC2. The Bertz CT molecular complexity index is 2890. The molecule has 0 bridgehead atoms. The van der Waals surface area contributed by atoms with Crippen molar-refractivity contribution in [3.8, 4) is 0 Å². The molecule has 80 heavy (non-hydrogen) atoms. The lowest BCUT2D eigenvalue weighted by Crippen LogP contribution is -2.57. The van der Waals surface area contributed by atoms with Gasteiger partial charge in [-0.05, 0) is 110 Å². The highest BCUT2D eigenvalue weighted by Gasteiger charge is 2.36. The zero-order chi connectivity index (χ0) is 58.2. The normalized spacial score (nSPS) is 16.2. The van der Waals surface area contributed by atoms with Gasteiger partial charge in [-0.2, -0.15) is 4.98 Å². The number of fused-ring (bicyclic) bond motifs is 4. The number of anilines is 2. The Morgan fingerprint density at radius 1 is 0.800 bits per heavy atom. The van der Waals surface area contributed by atoms with E-state index in [0.717, 1.165) is 69.9 Å². The Kier molecular flexibility index (Phi) is 19.7. The second-order valence-electron chi connectivity index (χ2n) is 23.9. The molecule has 3 aliphatic rings. The molecular formula is C58H83FN10O11. The Labute approximate surface area is 468 Å². The van der Waals surface area contributed by atoms with Crippen LogP contribution in [0.5, 0.6) is 0 Å². The van der Waals surface area contributed by atoms with Gasteiger partial charge in [0.2, 0.25) is 17.7 Å². The number of urea groups is 1. The first kappa shape index (κ1) is 61.0. The quantitative estimate of drug-likeness (QED) is 0.0342. The molecule has 7 amide bonds. The van der Waals surface area contributed by atoms with Crippen molar-refractivity contribution < 1.29 is 56.5 Å². The number of nitrogens with zero attached hydrogens (tertiary/aromatic N) is 5. The van der Waals surface area contributed by atoms with Crippen LogP contribution in [0.2, 0.25) is 0 Å². The van der Waals surface area contributed by atoms with Crippen LogP contribution < -0.4 is 36.8 Å². The highest BCUT2D eigenvalue weighted by Crippen LogP contribution is 2.35. The molecular weight excluding hydrogens is 1030 g/mol. The molecule has 0 radical (unpaired) electrons. The number of hydrogen-bond donors (Lipinski definition) is 5. The number of nitrogens with one attached hydrogen (secondary N) is 4. The van der Waals surface area contributed by atoms with Crippen molar-refractivity contribution >= 4 is 69.3 Å². The van der Waals surface area contributed by atoms with Gasteiger partial charge in [0.1, 0.15) is 23.4 Å². The van der Waals surface area contributed by atoms with Crippen molar-refractivity contribution in [1.29, 1.82) is 0 Å². The standard InChI is InChI=1S/C58H83FN10O11/c1-37(2)49(65-52(74)55(3,4)21-28-77-56(5,6)20-24-69-47(70)17-18-48(69)71)51(73)63-42(12-11-22-61-53(60)75)50(72)62-35-57(7,8)79-36-58(9,10)78-31-27-68-44-19-23-67(34-41(44)40-15-13-38(59)32-45(40)68)39-14-16-46-43(33-39)64-54(80-46)66-25-29-76-30-26-66/h13-18,32-33,37,42,49H,11-12,19-31,34-36H2,1-10H3,(H,62,72)(H,63,73)(H,65,74)(H3,60,61,75)/t42-,49-/m0/s1. The highest BCUT2D eigenvalue weighted by atomic mass is 19.1. The van der Waals surface area contributed by atoms with Crippen LogP contribution in [-0.2, 0) is 62.4 Å². The highest BCUT2D eigenvalue weighted by molar-refractivity contribution is 6.12. The van der Waals surface area contributed by atoms with Crippen molar-refractivity contribution in [2.24, 2.45) is 17.1 Å². The van der Waals surface area contributed by atoms with Gasteiger partial charge in [0, 0.05) is 105 Å². The predicted molar refractivity (Wildman–Crippen MR) is 301 cm³/mol. The summed E-state index contributed by atoms with van der Waals surface area (Å²) in [4.78, 5) is 87.6. The van der Waals surface area contributed by atoms with Crippen LogP contribution in [0.25, 0.3) is 22.0 Å². The van der Waals surface area contributed by atoms with Crippen LogP contribution in [0.15, 0.2) is 53.0 Å². The number of primary amides is 1. The second-order valence-corrected chi connectivity index (χ2v) is 23.9. The third-order valence-corrected chi connectivity index (χ3v) is 15.0. The monoisotopic (exact) mass is 1110 g/mol. The number of nitrogens with two attached hydrogens (primary N) is 1. The third kappa shape index (κ3) is 16.1. The Hall–Kier alpha value is -6.62. The number of oxazole rings is 1. The number of carbonyl (C=O) groups is 6. The molecule has 0 unspecified atom stereocenters. The Balaban J connectivity index is 0.904. The van der Waals surface area contributed by atoms with E-state index in [4.69, 9.17) is 34.1 Å². The summed E-state index contributed by atoms with van der Waals surface area (Å²) in [6.45, 7) is 24.0. The van der Waals surface area contributed by atoms with Crippen molar-refractivity contribution in [2.45, 2.75) is 143 Å². The summed E-state index contributed by atoms with van der Waals surface area (Å²) >= 11 is 0. The molecule has 21 nitrogen and oxygen atoms in total. The zero-order valence-electron chi connectivity index (χ0n) is 48.3. The minimum atomic E-state index is -1.04. The third-order valence-electron chi connectivity index (χ3n) is 15.0. The Morgan fingerprint density at radius 2 is 1.51 bits per heavy atom. The van der Waals surface area contributed by atoms with E-state index in [9.17, 15) is 33.2 Å². The number of aromatic nitrogens is 2. The fraction of sp³-hybridized carbons (Fsp3) is 0.603. The molecule has 5 heterocycles. The molecule has 2 aromatic carbocycles. The molecule has 1 fully saturated rings. The Morgan fingerprint density at radius 3 is 2.21 bits per heavy atom. The van der Waals surface area contributed by atoms with Gasteiger partial charge in [0.15, 0.2) is 5.58 Å². The van der Waals surface area contributed by atoms with E-state index in [0.29, 0.717) is 58.2 Å². The number of rotatable bonds is 28. The van der Waals surface area contributed by atoms with Crippen LogP contribution in [0.4, 0.5) is 20.9 Å². The van der Waals surface area contributed by atoms with Gasteiger partial charge in [-0.15, -0.1) is 0 Å². The molecule has 7 rings (SSSR count). The number of amides is 7. The van der Waals surface area contributed by atoms with Gasteiger partial charge in [-0.3, -0.25) is 28.9 Å². The maximum absolute atomic E-state index is 14.9. The largest absolute Gasteiger partial charge is 0.423 e. The van der Waals surface area contributed by atoms with Crippen molar-refractivity contribution in [2.75, 3.05) is 82.1 Å². The molecule has 4 aromatic rings. The summed E-state index contributed by atoms with van der Waals surface area (Å²) in [7, 11) is 0. The summed E-state index contributed by atoms with van der Waals surface area (Å²) in [6, 6.07) is 8.90. The van der Waals surface area contributed by atoms with Crippen molar-refractivity contribution in [3.05, 3.63) is 65.6 Å². The predicted octanol–water partition coefficient (Wildman–Crippen LogP) is 5.63. The maximum Gasteiger partial charge on any atom is 0.312 e. The van der Waals surface area contributed by atoms with E-state index >= 15 is 0 Å². The average molecular weight is 1120 g/mol. The summed E-state index contributed by atoms with van der Waals surface area (Å²) in [6.07, 6.45) is 4.37. The maximum atomic E-state index is 14.9. The smallest absolute Gasteiger partial charge is 0.312 e. The molecule has 0 saturated carbocycles. The summed E-state index contributed by atoms with van der Waals surface area (Å²) in [5, 5.41) is 12.2. The fourth-order valence-electron chi connectivity index (χ4n) is 9.90. The van der Waals surface area contributed by atoms with E-state index in [1.54, 1.807) is 33.8 Å². The lowest BCUT2D eigenvalue weighted by Gasteiger charge is -2.33. The number of morpholine rings is 1. The molecule has 2 atom stereocenters. The zero-order valence-corrected chi connectivity index (χ0v) is 48.3. The minimum Gasteiger partial charge on any atom is -0.423 e. The summed E-state index contributed by atoms with van der Waals surface area (Å²) in [5.41, 5.74) is 7.62. The van der Waals surface area contributed by atoms with Crippen molar-refractivity contribution in [3.63, 3.8) is 0 Å². The molecule has 1 saturated heterocycles. The van der Waals surface area contributed by atoms with Crippen molar-refractivity contribution in [1.82, 2.24) is 35.7 Å². The van der Waals surface area contributed by atoms with E-state index < -0.39 is 52.1 Å². The van der Waals surface area contributed by atoms with Gasteiger partial charge >= 0.3 is 6.03 Å². The first-order valence-electron chi connectivity index (χ1n) is 27.9. The number of hydrogen-bond acceptors (Lipinski definition) is 14. The first-order valence-corrected chi connectivity index (χ1v) is 27.9. The minimum absolute atomic E-state index is 0.0724. The molecule has 22 heteroatoms. The van der Waals surface area contributed by atoms with Crippen LogP contribution in [0.1, 0.15) is 106 Å². The number of benzene rings is 2. The topological polar surface area (TPSA) is 254 Å². The molecule has 3 aliphatic heterocycles. The summed E-state index contributed by atoms with van der Waals surface area (Å²) < 4.78 is 47.6. The lowest BCUT2D eigenvalue weighted by atomic mass is 9.87. The second kappa shape index (κ2) is 25.9. The molecule has 0 aliphatic carbocycles.